The number of rotatable bonds is 3. The molecule has 4 nitrogen and oxygen atoms in total. The van der Waals surface area contributed by atoms with Crippen molar-refractivity contribution >= 4 is 23.3 Å². The molecule has 0 aliphatic carbocycles. The van der Waals surface area contributed by atoms with Gasteiger partial charge in [-0.05, 0) is 29.8 Å². The lowest BCUT2D eigenvalue weighted by molar-refractivity contribution is 0.0696. The molecule has 0 aliphatic heterocycles. The van der Waals surface area contributed by atoms with Gasteiger partial charge in [0.15, 0.2) is 0 Å². The van der Waals surface area contributed by atoms with E-state index in [9.17, 15) is 4.79 Å². The summed E-state index contributed by atoms with van der Waals surface area (Å²) in [6.07, 6.45) is 0. The van der Waals surface area contributed by atoms with E-state index in [4.69, 9.17) is 27.2 Å². The molecule has 2 rings (SSSR count). The summed E-state index contributed by atoms with van der Waals surface area (Å²) in [5.74, 6) is -0.712. The molecule has 0 amide bonds. The number of benzene rings is 2. The van der Waals surface area contributed by atoms with Gasteiger partial charge in [-0.1, -0.05) is 23.7 Å². The number of ether oxygens (including phenoxy) is 1. The van der Waals surface area contributed by atoms with E-state index in [0.717, 1.165) is 5.56 Å². The van der Waals surface area contributed by atoms with Crippen LogP contribution in [0.15, 0.2) is 36.4 Å². The maximum Gasteiger partial charge on any atom is 0.335 e. The number of aromatic carboxylic acids is 1. The molecule has 2 aromatic carbocycles. The smallest absolute Gasteiger partial charge is 0.335 e. The average molecular weight is 278 g/mol. The third kappa shape index (κ3) is 2.63. The van der Waals surface area contributed by atoms with Gasteiger partial charge < -0.3 is 15.6 Å². The number of carboxylic acids is 1. The Morgan fingerprint density at radius 2 is 2.05 bits per heavy atom. The molecule has 3 N–H and O–H groups in total. The Morgan fingerprint density at radius 3 is 2.63 bits per heavy atom. The fraction of sp³-hybridized carbons (Fsp3) is 0.0714. The summed E-state index contributed by atoms with van der Waals surface area (Å²) in [7, 11) is 1.44. The molecule has 0 aromatic heterocycles. The maximum absolute atomic E-state index is 11.1. The molecular formula is C14H12ClNO3. The maximum atomic E-state index is 11.1. The Balaban J connectivity index is 2.68. The van der Waals surface area contributed by atoms with Gasteiger partial charge in [-0.3, -0.25) is 0 Å². The molecule has 0 spiro atoms. The second-order valence-corrected chi connectivity index (χ2v) is 4.39. The van der Waals surface area contributed by atoms with Gasteiger partial charge >= 0.3 is 5.97 Å². The third-order valence-electron chi connectivity index (χ3n) is 2.74. The minimum atomic E-state index is -1.04. The fourth-order valence-electron chi connectivity index (χ4n) is 1.81. The SMILES string of the molecule is COc1cc(C(=O)O)cc(-c2cccc(Cl)c2)c1N. The van der Waals surface area contributed by atoms with Crippen molar-refractivity contribution in [3.63, 3.8) is 0 Å². The van der Waals surface area contributed by atoms with Crippen LogP contribution in [0.3, 0.4) is 0 Å². The molecule has 0 unspecified atom stereocenters. The van der Waals surface area contributed by atoms with Gasteiger partial charge in [-0.25, -0.2) is 4.79 Å². The van der Waals surface area contributed by atoms with Crippen molar-refractivity contribution in [1.82, 2.24) is 0 Å². The van der Waals surface area contributed by atoms with Crippen LogP contribution in [0.5, 0.6) is 5.75 Å². The summed E-state index contributed by atoms with van der Waals surface area (Å²) < 4.78 is 5.11. The number of nitrogen functional groups attached to an aromatic ring is 1. The zero-order chi connectivity index (χ0) is 14.0. The number of nitrogens with two attached hydrogens (primary N) is 1. The van der Waals surface area contributed by atoms with E-state index in [1.807, 2.05) is 6.07 Å². The minimum absolute atomic E-state index is 0.112. The zero-order valence-electron chi connectivity index (χ0n) is 10.2. The van der Waals surface area contributed by atoms with Crippen LogP contribution in [-0.4, -0.2) is 18.2 Å². The van der Waals surface area contributed by atoms with E-state index in [2.05, 4.69) is 0 Å². The first-order valence-electron chi connectivity index (χ1n) is 5.49. The predicted molar refractivity (Wildman–Crippen MR) is 74.8 cm³/mol. The van der Waals surface area contributed by atoms with E-state index in [-0.39, 0.29) is 5.56 Å². The molecule has 0 atom stereocenters. The van der Waals surface area contributed by atoms with Crippen LogP contribution in [0.4, 0.5) is 5.69 Å². The van der Waals surface area contributed by atoms with Gasteiger partial charge in [-0.2, -0.15) is 0 Å². The summed E-state index contributed by atoms with van der Waals surface area (Å²) in [4.78, 5) is 11.1. The molecule has 0 saturated heterocycles. The van der Waals surface area contributed by atoms with Crippen LogP contribution in [0.1, 0.15) is 10.4 Å². The number of carbonyl (C=O) groups is 1. The van der Waals surface area contributed by atoms with Gasteiger partial charge in [0.25, 0.3) is 0 Å². The van der Waals surface area contributed by atoms with Crippen molar-refractivity contribution in [3.05, 3.63) is 47.0 Å². The van der Waals surface area contributed by atoms with E-state index in [0.29, 0.717) is 22.0 Å². The van der Waals surface area contributed by atoms with Crippen LogP contribution < -0.4 is 10.5 Å². The molecule has 0 saturated carbocycles. The van der Waals surface area contributed by atoms with Crippen molar-refractivity contribution in [2.45, 2.75) is 0 Å². The van der Waals surface area contributed by atoms with Crippen LogP contribution in [0.25, 0.3) is 11.1 Å². The van der Waals surface area contributed by atoms with E-state index < -0.39 is 5.97 Å². The molecule has 5 heteroatoms. The Bertz CT molecular complexity index is 641. The third-order valence-corrected chi connectivity index (χ3v) is 2.98. The topological polar surface area (TPSA) is 72.5 Å². The van der Waals surface area contributed by atoms with E-state index in [1.165, 1.54) is 19.2 Å². The number of anilines is 1. The predicted octanol–water partition coefficient (Wildman–Crippen LogP) is 3.30. The highest BCUT2D eigenvalue weighted by atomic mass is 35.5. The first-order valence-corrected chi connectivity index (χ1v) is 5.87. The van der Waals surface area contributed by atoms with Gasteiger partial charge in [0.2, 0.25) is 0 Å². The van der Waals surface area contributed by atoms with Crippen molar-refractivity contribution in [2.24, 2.45) is 0 Å². The van der Waals surface area contributed by atoms with Gasteiger partial charge in [0.1, 0.15) is 5.75 Å². The molecule has 0 fully saturated rings. The molecule has 0 bridgehead atoms. The zero-order valence-corrected chi connectivity index (χ0v) is 10.9. The van der Waals surface area contributed by atoms with Crippen molar-refractivity contribution in [2.75, 3.05) is 12.8 Å². The van der Waals surface area contributed by atoms with Crippen molar-refractivity contribution < 1.29 is 14.6 Å². The highest BCUT2D eigenvalue weighted by molar-refractivity contribution is 6.30. The van der Waals surface area contributed by atoms with Gasteiger partial charge in [0.05, 0.1) is 18.4 Å². The lowest BCUT2D eigenvalue weighted by atomic mass is 10.0. The van der Waals surface area contributed by atoms with Crippen LogP contribution in [0, 0.1) is 0 Å². The molecule has 0 radical (unpaired) electrons. The Labute approximate surface area is 115 Å². The average Bonchev–Trinajstić information content (AvgIpc) is 2.38. The molecule has 2 aromatic rings. The lowest BCUT2D eigenvalue weighted by Gasteiger charge is -2.12. The summed E-state index contributed by atoms with van der Waals surface area (Å²) in [6.45, 7) is 0. The quantitative estimate of drug-likeness (QED) is 0.845. The monoisotopic (exact) mass is 277 g/mol. The van der Waals surface area contributed by atoms with E-state index in [1.54, 1.807) is 18.2 Å². The minimum Gasteiger partial charge on any atom is -0.495 e. The highest BCUT2D eigenvalue weighted by Gasteiger charge is 2.14. The van der Waals surface area contributed by atoms with Gasteiger partial charge in [0, 0.05) is 10.6 Å². The number of methoxy groups -OCH3 is 1. The van der Waals surface area contributed by atoms with Crippen molar-refractivity contribution in [3.8, 4) is 16.9 Å². The van der Waals surface area contributed by atoms with Crippen LogP contribution in [0.2, 0.25) is 5.02 Å². The molecule has 19 heavy (non-hydrogen) atoms. The summed E-state index contributed by atoms with van der Waals surface area (Å²) in [5.41, 5.74) is 7.80. The van der Waals surface area contributed by atoms with Crippen LogP contribution in [-0.2, 0) is 0 Å². The second kappa shape index (κ2) is 5.20. The first-order chi connectivity index (χ1) is 9.02. The normalized spacial score (nSPS) is 10.2. The number of carboxylic acid groups (broad SMARTS) is 1. The summed E-state index contributed by atoms with van der Waals surface area (Å²) in [6, 6.07) is 9.94. The number of halogens is 1. The van der Waals surface area contributed by atoms with Crippen molar-refractivity contribution in [1.29, 1.82) is 0 Å². The van der Waals surface area contributed by atoms with Gasteiger partial charge in [-0.15, -0.1) is 0 Å². The fourth-order valence-corrected chi connectivity index (χ4v) is 2.00. The Kier molecular flexibility index (Phi) is 3.62. The van der Waals surface area contributed by atoms with Crippen LogP contribution >= 0.6 is 11.6 Å². The van der Waals surface area contributed by atoms with E-state index >= 15 is 0 Å². The lowest BCUT2D eigenvalue weighted by Crippen LogP contribution is -2.02. The molecule has 0 heterocycles. The Morgan fingerprint density at radius 1 is 1.32 bits per heavy atom. The summed E-state index contributed by atoms with van der Waals surface area (Å²) in [5, 5.41) is 9.65. The molecule has 0 aliphatic rings. The standard InChI is InChI=1S/C14H12ClNO3/c1-19-12-7-9(14(17)18)6-11(13(12)16)8-3-2-4-10(15)5-8/h2-7H,16H2,1H3,(H,17,18). The Hall–Kier alpha value is -2.20. The number of hydrogen-bond donors (Lipinski definition) is 2. The molecular weight excluding hydrogens is 266 g/mol. The number of hydrogen-bond acceptors (Lipinski definition) is 3. The first kappa shape index (κ1) is 13.2. The molecule has 98 valence electrons. The second-order valence-electron chi connectivity index (χ2n) is 3.96. The highest BCUT2D eigenvalue weighted by Crippen LogP contribution is 2.35. The summed E-state index contributed by atoms with van der Waals surface area (Å²) >= 11 is 5.93. The largest absolute Gasteiger partial charge is 0.495 e.